The molecule has 2 aliphatic rings. The van der Waals surface area contributed by atoms with Crippen molar-refractivity contribution < 1.29 is 4.39 Å². The third-order valence-electron chi connectivity index (χ3n) is 6.95. The molecule has 0 radical (unpaired) electrons. The van der Waals surface area contributed by atoms with E-state index in [1.807, 2.05) is 12.3 Å². The molecule has 4 aromatic rings. The molecule has 3 atom stereocenters. The van der Waals surface area contributed by atoms with E-state index in [2.05, 4.69) is 44.4 Å². The zero-order chi connectivity index (χ0) is 22.5. The molecule has 0 saturated carbocycles. The Hall–Kier alpha value is -3.27. The van der Waals surface area contributed by atoms with Crippen molar-refractivity contribution in [1.29, 1.82) is 0 Å². The van der Waals surface area contributed by atoms with Crippen molar-refractivity contribution in [3.8, 4) is 0 Å². The van der Waals surface area contributed by atoms with E-state index in [9.17, 15) is 4.39 Å². The topological polar surface area (TPSA) is 99.1 Å². The van der Waals surface area contributed by atoms with Crippen LogP contribution in [0.15, 0.2) is 24.4 Å². The fourth-order valence-corrected chi connectivity index (χ4v) is 4.96. The van der Waals surface area contributed by atoms with Gasteiger partial charge in [-0.15, -0.1) is 0 Å². The van der Waals surface area contributed by atoms with Crippen LogP contribution in [0.1, 0.15) is 50.4 Å². The number of H-pyrrole nitrogens is 1. The number of anilines is 2. The average molecular weight is 450 g/mol. The Bertz CT molecular complexity index is 1300. The van der Waals surface area contributed by atoms with E-state index >= 15 is 0 Å². The fourth-order valence-electron chi connectivity index (χ4n) is 4.96. The van der Waals surface area contributed by atoms with Crippen LogP contribution in [-0.2, 0) is 6.54 Å². The lowest BCUT2D eigenvalue weighted by Gasteiger charge is -2.33. The summed E-state index contributed by atoms with van der Waals surface area (Å²) >= 11 is 0. The Balaban J connectivity index is 1.36. The van der Waals surface area contributed by atoms with Gasteiger partial charge in [0.25, 0.3) is 0 Å². The summed E-state index contributed by atoms with van der Waals surface area (Å²) in [6, 6.07) is 5.89. The molecule has 1 aromatic carbocycles. The number of fused-ring (bicyclic) bond motifs is 4. The van der Waals surface area contributed by atoms with Gasteiger partial charge >= 0.3 is 0 Å². The molecule has 0 aliphatic carbocycles. The summed E-state index contributed by atoms with van der Waals surface area (Å²) in [6.45, 7) is 6.54. The number of halogens is 1. The summed E-state index contributed by atoms with van der Waals surface area (Å²) in [7, 11) is 0. The molecule has 2 saturated heterocycles. The number of para-hydroxylation sites is 1. The first-order valence-corrected chi connectivity index (χ1v) is 11.7. The number of nitrogens with one attached hydrogen (secondary N) is 3. The summed E-state index contributed by atoms with van der Waals surface area (Å²) in [5, 5.41) is 11.6. The van der Waals surface area contributed by atoms with E-state index in [1.165, 1.54) is 18.9 Å². The summed E-state index contributed by atoms with van der Waals surface area (Å²) in [5.41, 5.74) is 2.97. The lowest BCUT2D eigenvalue weighted by Crippen LogP contribution is -2.51. The van der Waals surface area contributed by atoms with Gasteiger partial charge in [0.05, 0.1) is 18.3 Å². The summed E-state index contributed by atoms with van der Waals surface area (Å²) in [5.74, 6) is 1.98. The second-order valence-corrected chi connectivity index (χ2v) is 9.21. The average Bonchev–Trinajstić information content (AvgIpc) is 3.53. The van der Waals surface area contributed by atoms with Gasteiger partial charge in [-0.1, -0.05) is 19.9 Å². The van der Waals surface area contributed by atoms with Crippen molar-refractivity contribution in [1.82, 2.24) is 34.9 Å². The Labute approximate surface area is 190 Å². The minimum Gasteiger partial charge on any atom is -0.347 e. The van der Waals surface area contributed by atoms with E-state index < -0.39 is 0 Å². The molecule has 10 heteroatoms. The summed E-state index contributed by atoms with van der Waals surface area (Å²) in [6.07, 6.45) is 5.29. The molecule has 2 aliphatic heterocycles. The lowest BCUT2D eigenvalue weighted by atomic mass is 10.0. The molecular weight excluding hydrogens is 421 g/mol. The molecule has 0 spiro atoms. The van der Waals surface area contributed by atoms with Crippen LogP contribution in [0.25, 0.3) is 16.7 Å². The number of hydrogen-bond donors (Lipinski definition) is 3. The van der Waals surface area contributed by atoms with E-state index in [4.69, 9.17) is 9.97 Å². The molecule has 2 bridgehead atoms. The van der Waals surface area contributed by atoms with Gasteiger partial charge in [-0.2, -0.15) is 19.6 Å². The molecule has 5 heterocycles. The first kappa shape index (κ1) is 20.3. The van der Waals surface area contributed by atoms with Crippen LogP contribution in [0.4, 0.5) is 16.3 Å². The normalized spacial score (nSPS) is 21.2. The van der Waals surface area contributed by atoms with Crippen molar-refractivity contribution in [3.63, 3.8) is 0 Å². The number of rotatable bonds is 6. The minimum absolute atomic E-state index is 0.333. The molecule has 172 valence electrons. The maximum atomic E-state index is 14.1. The van der Waals surface area contributed by atoms with Gasteiger partial charge < -0.3 is 20.5 Å². The van der Waals surface area contributed by atoms with Gasteiger partial charge in [0, 0.05) is 30.7 Å². The van der Waals surface area contributed by atoms with Gasteiger partial charge in [0.1, 0.15) is 11.3 Å². The molecule has 33 heavy (non-hydrogen) atoms. The van der Waals surface area contributed by atoms with Crippen LogP contribution in [-0.4, -0.2) is 54.7 Å². The minimum atomic E-state index is -0.333. The highest BCUT2D eigenvalue weighted by Gasteiger charge is 2.33. The Morgan fingerprint density at radius 2 is 2.00 bits per heavy atom. The van der Waals surface area contributed by atoms with E-state index in [0.29, 0.717) is 47.4 Å². The van der Waals surface area contributed by atoms with E-state index in [1.54, 1.807) is 10.6 Å². The van der Waals surface area contributed by atoms with E-state index in [0.717, 1.165) is 36.7 Å². The highest BCUT2D eigenvalue weighted by molar-refractivity contribution is 5.75. The standard InChI is InChI=1S/C23H28FN9/c1-3-13(2)16-9-26-33-21(16)30-23(32-11-14-7-8-15(12-32)27-14)31-22(33)25-10-19-28-18-6-4-5-17(24)20(18)29-19/h4-6,9,13-15,27H,3,7-8,10-12H2,1-2H3,(H,28,29)(H,25,30,31). The quantitative estimate of drug-likeness (QED) is 0.416. The van der Waals surface area contributed by atoms with Crippen molar-refractivity contribution >= 4 is 28.6 Å². The highest BCUT2D eigenvalue weighted by atomic mass is 19.1. The molecule has 2 fully saturated rings. The smallest absolute Gasteiger partial charge is 0.230 e. The Morgan fingerprint density at radius 3 is 2.76 bits per heavy atom. The second-order valence-electron chi connectivity index (χ2n) is 9.21. The lowest BCUT2D eigenvalue weighted by molar-refractivity contribution is 0.460. The number of nitrogens with zero attached hydrogens (tertiary/aromatic N) is 6. The molecule has 3 aromatic heterocycles. The van der Waals surface area contributed by atoms with Crippen LogP contribution < -0.4 is 15.5 Å². The van der Waals surface area contributed by atoms with Gasteiger partial charge in [0.15, 0.2) is 11.5 Å². The third kappa shape index (κ3) is 3.58. The van der Waals surface area contributed by atoms with Crippen molar-refractivity contribution in [2.75, 3.05) is 23.3 Å². The number of imidazole rings is 1. The Morgan fingerprint density at radius 1 is 1.18 bits per heavy atom. The van der Waals surface area contributed by atoms with Crippen LogP contribution in [0.5, 0.6) is 0 Å². The second kappa shape index (κ2) is 7.95. The highest BCUT2D eigenvalue weighted by Crippen LogP contribution is 2.28. The number of piperazine rings is 1. The molecule has 9 nitrogen and oxygen atoms in total. The maximum Gasteiger partial charge on any atom is 0.230 e. The van der Waals surface area contributed by atoms with Crippen LogP contribution in [0.3, 0.4) is 0 Å². The number of benzene rings is 1. The largest absolute Gasteiger partial charge is 0.347 e. The van der Waals surface area contributed by atoms with Crippen molar-refractivity contribution in [3.05, 3.63) is 41.6 Å². The summed E-state index contributed by atoms with van der Waals surface area (Å²) in [4.78, 5) is 19.7. The Kier molecular flexibility index (Phi) is 4.90. The fraction of sp³-hybridized carbons (Fsp3) is 0.478. The molecular formula is C23H28FN9. The summed E-state index contributed by atoms with van der Waals surface area (Å²) < 4.78 is 15.8. The van der Waals surface area contributed by atoms with Gasteiger partial charge in [-0.05, 0) is 37.3 Å². The molecule has 3 unspecified atom stereocenters. The van der Waals surface area contributed by atoms with Gasteiger partial charge in [-0.25, -0.2) is 9.37 Å². The van der Waals surface area contributed by atoms with Gasteiger partial charge in [-0.3, -0.25) is 0 Å². The molecule has 0 amide bonds. The first-order valence-electron chi connectivity index (χ1n) is 11.7. The first-order chi connectivity index (χ1) is 16.1. The van der Waals surface area contributed by atoms with Crippen molar-refractivity contribution in [2.45, 2.75) is 57.7 Å². The van der Waals surface area contributed by atoms with Crippen molar-refractivity contribution in [2.24, 2.45) is 0 Å². The SMILES string of the molecule is CCC(C)c1cnn2c(NCc3nc4c(F)cccc4[nH]3)nc(N3CC4CCC(C3)N4)nc12. The van der Waals surface area contributed by atoms with Crippen LogP contribution in [0.2, 0.25) is 0 Å². The van der Waals surface area contributed by atoms with Gasteiger partial charge in [0.2, 0.25) is 11.9 Å². The monoisotopic (exact) mass is 449 g/mol. The zero-order valence-electron chi connectivity index (χ0n) is 18.8. The number of hydrogen-bond acceptors (Lipinski definition) is 7. The number of aromatic amines is 1. The predicted octanol–water partition coefficient (Wildman–Crippen LogP) is 3.21. The number of aromatic nitrogens is 6. The zero-order valence-corrected chi connectivity index (χ0v) is 18.8. The van der Waals surface area contributed by atoms with E-state index in [-0.39, 0.29) is 5.82 Å². The predicted molar refractivity (Wildman–Crippen MR) is 125 cm³/mol. The van der Waals surface area contributed by atoms with Crippen LogP contribution >= 0.6 is 0 Å². The third-order valence-corrected chi connectivity index (χ3v) is 6.95. The maximum absolute atomic E-state index is 14.1. The molecule has 6 rings (SSSR count). The van der Waals surface area contributed by atoms with Crippen LogP contribution in [0, 0.1) is 5.82 Å². The molecule has 3 N–H and O–H groups in total.